The number of nitrogens with zero attached hydrogens (tertiary/aromatic N) is 2. The first-order chi connectivity index (χ1) is 9.50. The lowest BCUT2D eigenvalue weighted by molar-refractivity contribution is 0.0940. The van der Waals surface area contributed by atoms with Gasteiger partial charge in [-0.15, -0.1) is 23.7 Å². The quantitative estimate of drug-likeness (QED) is 0.867. The Kier molecular flexibility index (Phi) is 5.88. The summed E-state index contributed by atoms with van der Waals surface area (Å²) in [5.74, 6) is -0.431. The third kappa shape index (κ3) is 3.61. The van der Waals surface area contributed by atoms with Crippen molar-refractivity contribution in [1.29, 1.82) is 0 Å². The minimum Gasteiger partial charge on any atom is -0.350 e. The summed E-state index contributed by atoms with van der Waals surface area (Å²) in [4.78, 5) is 28.9. The monoisotopic (exact) mass is 330 g/mol. The second-order valence-corrected chi connectivity index (χ2v) is 5.66. The van der Waals surface area contributed by atoms with Crippen molar-refractivity contribution < 1.29 is 4.79 Å². The highest BCUT2D eigenvalue weighted by molar-refractivity contribution is 7.15. The molecule has 0 spiro atoms. The first-order valence-electron chi connectivity index (χ1n) is 6.52. The number of fused-ring (bicyclic) bond motifs is 1. The van der Waals surface area contributed by atoms with Crippen LogP contribution in [-0.4, -0.2) is 27.4 Å². The molecule has 0 saturated carbocycles. The van der Waals surface area contributed by atoms with E-state index in [4.69, 9.17) is 5.73 Å². The van der Waals surface area contributed by atoms with Crippen LogP contribution >= 0.6 is 23.7 Å². The van der Waals surface area contributed by atoms with Crippen LogP contribution in [0.1, 0.15) is 37.0 Å². The van der Waals surface area contributed by atoms with E-state index < -0.39 is 11.4 Å². The van der Waals surface area contributed by atoms with Gasteiger partial charge >= 0.3 is 0 Å². The summed E-state index contributed by atoms with van der Waals surface area (Å²) < 4.78 is 1.37. The molecule has 0 aliphatic heterocycles. The van der Waals surface area contributed by atoms with E-state index in [9.17, 15) is 9.59 Å². The maximum atomic E-state index is 12.1. The van der Waals surface area contributed by atoms with Crippen LogP contribution in [0.25, 0.3) is 4.96 Å². The van der Waals surface area contributed by atoms with Crippen molar-refractivity contribution >= 4 is 34.6 Å². The van der Waals surface area contributed by atoms with Gasteiger partial charge in [-0.3, -0.25) is 14.0 Å². The van der Waals surface area contributed by atoms with E-state index in [2.05, 4.69) is 10.3 Å². The van der Waals surface area contributed by atoms with Gasteiger partial charge in [0.2, 0.25) is 0 Å². The summed E-state index contributed by atoms with van der Waals surface area (Å²) in [6.07, 6.45) is 4.44. The molecule has 0 fully saturated rings. The van der Waals surface area contributed by atoms with E-state index >= 15 is 0 Å². The lowest BCUT2D eigenvalue weighted by Gasteiger charge is -2.26. The number of carbonyl (C=O) groups is 1. The molecule has 21 heavy (non-hydrogen) atoms. The second kappa shape index (κ2) is 7.02. The van der Waals surface area contributed by atoms with Crippen molar-refractivity contribution in [3.8, 4) is 0 Å². The Labute approximate surface area is 132 Å². The molecule has 2 aromatic rings. The molecule has 2 rings (SSSR count). The van der Waals surface area contributed by atoms with Crippen LogP contribution in [0.3, 0.4) is 0 Å². The number of hydrogen-bond donors (Lipinski definition) is 2. The topological polar surface area (TPSA) is 89.5 Å². The smallest absolute Gasteiger partial charge is 0.271 e. The highest BCUT2D eigenvalue weighted by Gasteiger charge is 2.22. The molecule has 1 amide bonds. The van der Waals surface area contributed by atoms with Gasteiger partial charge in [0.05, 0.1) is 0 Å². The molecule has 0 aliphatic rings. The highest BCUT2D eigenvalue weighted by atomic mass is 35.5. The van der Waals surface area contributed by atoms with Gasteiger partial charge in [-0.05, 0) is 12.8 Å². The molecule has 6 nitrogen and oxygen atoms in total. The predicted octanol–water partition coefficient (Wildman–Crippen LogP) is 1.43. The van der Waals surface area contributed by atoms with Crippen LogP contribution < -0.4 is 16.6 Å². The van der Waals surface area contributed by atoms with Crippen LogP contribution in [0.4, 0.5) is 0 Å². The Balaban J connectivity index is 0.00000220. The third-order valence-corrected chi connectivity index (χ3v) is 4.37. The Morgan fingerprint density at radius 3 is 2.76 bits per heavy atom. The number of aromatic nitrogens is 2. The van der Waals surface area contributed by atoms with E-state index in [1.165, 1.54) is 21.9 Å². The average molecular weight is 331 g/mol. The molecule has 0 saturated heterocycles. The van der Waals surface area contributed by atoms with Crippen LogP contribution in [0.5, 0.6) is 0 Å². The first-order valence-corrected chi connectivity index (χ1v) is 7.40. The van der Waals surface area contributed by atoms with Crippen molar-refractivity contribution in [3.63, 3.8) is 0 Å². The Morgan fingerprint density at radius 2 is 2.14 bits per heavy atom. The SMILES string of the molecule is CCC(N)(CC)CNC(=O)c1cnc2sccn2c1=O.Cl. The molecule has 0 unspecified atom stereocenters. The molecule has 2 aromatic heterocycles. The zero-order valence-corrected chi connectivity index (χ0v) is 13.6. The molecule has 116 valence electrons. The molecule has 0 radical (unpaired) electrons. The maximum Gasteiger partial charge on any atom is 0.271 e. The summed E-state index contributed by atoms with van der Waals surface area (Å²) in [5, 5.41) is 4.48. The molecule has 2 heterocycles. The van der Waals surface area contributed by atoms with Crippen molar-refractivity contribution in [2.24, 2.45) is 5.73 Å². The van der Waals surface area contributed by atoms with Crippen molar-refractivity contribution in [3.05, 3.63) is 33.7 Å². The van der Waals surface area contributed by atoms with Gasteiger partial charge in [-0.1, -0.05) is 13.8 Å². The molecule has 3 N–H and O–H groups in total. The zero-order valence-electron chi connectivity index (χ0n) is 12.0. The molecular formula is C13H19ClN4O2S. The predicted molar refractivity (Wildman–Crippen MR) is 86.4 cm³/mol. The summed E-state index contributed by atoms with van der Waals surface area (Å²) in [5.41, 5.74) is 5.36. The number of rotatable bonds is 5. The minimum atomic E-state index is -0.439. The highest BCUT2D eigenvalue weighted by Crippen LogP contribution is 2.10. The standard InChI is InChI=1S/C13H18N4O2S.ClH/c1-3-13(14,4-2)8-16-10(18)9-7-15-12-17(11(9)19)5-6-20-12;/h5-7H,3-4,8,14H2,1-2H3,(H,16,18);1H. The van der Waals surface area contributed by atoms with E-state index in [0.717, 1.165) is 12.8 Å². The summed E-state index contributed by atoms with van der Waals surface area (Å²) >= 11 is 1.35. The fraction of sp³-hybridized carbons (Fsp3) is 0.462. The van der Waals surface area contributed by atoms with Crippen LogP contribution in [-0.2, 0) is 0 Å². The Morgan fingerprint density at radius 1 is 1.48 bits per heavy atom. The van der Waals surface area contributed by atoms with Gasteiger partial charge in [0.15, 0.2) is 4.96 Å². The molecule has 0 atom stereocenters. The molecule has 8 heteroatoms. The molecular weight excluding hydrogens is 312 g/mol. The number of nitrogens with one attached hydrogen (secondary N) is 1. The van der Waals surface area contributed by atoms with Crippen LogP contribution in [0.15, 0.2) is 22.6 Å². The Hall–Kier alpha value is -1.44. The van der Waals surface area contributed by atoms with Gasteiger partial charge in [-0.25, -0.2) is 4.98 Å². The lowest BCUT2D eigenvalue weighted by atomic mass is 9.94. The number of thiazole rings is 1. The van der Waals surface area contributed by atoms with E-state index in [0.29, 0.717) is 11.5 Å². The second-order valence-electron chi connectivity index (χ2n) is 4.78. The van der Waals surface area contributed by atoms with Gasteiger partial charge < -0.3 is 11.1 Å². The van der Waals surface area contributed by atoms with Gasteiger partial charge in [0.25, 0.3) is 11.5 Å². The zero-order chi connectivity index (χ0) is 14.8. The van der Waals surface area contributed by atoms with Crippen LogP contribution in [0, 0.1) is 0 Å². The van der Waals surface area contributed by atoms with E-state index in [-0.39, 0.29) is 23.5 Å². The Bertz CT molecular complexity index is 678. The van der Waals surface area contributed by atoms with E-state index in [1.807, 2.05) is 13.8 Å². The summed E-state index contributed by atoms with van der Waals surface area (Å²) in [6.45, 7) is 4.29. The average Bonchev–Trinajstić information content (AvgIpc) is 2.94. The number of amides is 1. The number of hydrogen-bond acceptors (Lipinski definition) is 5. The van der Waals surface area contributed by atoms with E-state index in [1.54, 1.807) is 11.6 Å². The van der Waals surface area contributed by atoms with Crippen molar-refractivity contribution in [2.45, 2.75) is 32.2 Å². The van der Waals surface area contributed by atoms with Crippen molar-refractivity contribution in [2.75, 3.05) is 6.54 Å². The third-order valence-electron chi connectivity index (χ3n) is 3.60. The fourth-order valence-corrected chi connectivity index (χ4v) is 2.51. The minimum absolute atomic E-state index is 0. The fourth-order valence-electron chi connectivity index (χ4n) is 1.83. The van der Waals surface area contributed by atoms with Crippen molar-refractivity contribution in [1.82, 2.24) is 14.7 Å². The number of nitrogens with two attached hydrogens (primary N) is 1. The summed E-state index contributed by atoms with van der Waals surface area (Å²) in [6, 6.07) is 0. The largest absolute Gasteiger partial charge is 0.350 e. The van der Waals surface area contributed by atoms with Gasteiger partial charge in [-0.2, -0.15) is 0 Å². The summed E-state index contributed by atoms with van der Waals surface area (Å²) in [7, 11) is 0. The maximum absolute atomic E-state index is 12.1. The van der Waals surface area contributed by atoms with Gasteiger partial charge in [0.1, 0.15) is 5.56 Å². The molecule has 0 aromatic carbocycles. The lowest BCUT2D eigenvalue weighted by Crippen LogP contribution is -2.49. The van der Waals surface area contributed by atoms with Gasteiger partial charge in [0, 0.05) is 29.9 Å². The first kappa shape index (κ1) is 17.6. The molecule has 0 bridgehead atoms. The molecule has 0 aliphatic carbocycles. The van der Waals surface area contributed by atoms with Crippen LogP contribution in [0.2, 0.25) is 0 Å². The normalized spacial score (nSPS) is 11.2. The number of carbonyl (C=O) groups excluding carboxylic acids is 1. The number of halogens is 1.